The Bertz CT molecular complexity index is 243. The Morgan fingerprint density at radius 2 is 2.58 bits per heavy atom. The molecule has 0 saturated carbocycles. The van der Waals surface area contributed by atoms with Gasteiger partial charge in [-0.25, -0.2) is 0 Å². The first-order chi connectivity index (χ1) is 5.77. The summed E-state index contributed by atoms with van der Waals surface area (Å²) < 4.78 is 1.54. The molecular formula is C6H8N3O2S. The second kappa shape index (κ2) is 2.96. The topological polar surface area (TPSA) is 44.8 Å². The second-order valence-corrected chi connectivity index (χ2v) is 3.53. The first-order valence-corrected chi connectivity index (χ1v) is 4.26. The van der Waals surface area contributed by atoms with E-state index in [1.807, 2.05) is 6.92 Å². The van der Waals surface area contributed by atoms with Crippen LogP contribution in [0.1, 0.15) is 6.92 Å². The molecule has 6 heteroatoms. The fourth-order valence-corrected chi connectivity index (χ4v) is 1.57. The Kier molecular flexibility index (Phi) is 1.95. The summed E-state index contributed by atoms with van der Waals surface area (Å²) in [5.41, 5.74) is 2.87. The van der Waals surface area contributed by atoms with Gasteiger partial charge in [-0.2, -0.15) is 0 Å². The molecule has 2 aliphatic rings. The third kappa shape index (κ3) is 1.28. The standard InChI is InChI=1S/C6H8N3O2S/c1-5-4-7-9(12-5)8-6(10)2-3-11-8/h2,4,7H,3H2,1H3. The van der Waals surface area contributed by atoms with Crippen molar-refractivity contribution in [2.45, 2.75) is 6.92 Å². The number of carbonyl (C=O) groups is 1. The van der Waals surface area contributed by atoms with Crippen LogP contribution < -0.4 is 5.43 Å². The lowest BCUT2D eigenvalue weighted by atomic mass is 10.5. The minimum atomic E-state index is -0.141. The predicted octanol–water partition coefficient (Wildman–Crippen LogP) is 0.209. The van der Waals surface area contributed by atoms with Crippen molar-refractivity contribution in [3.63, 3.8) is 0 Å². The van der Waals surface area contributed by atoms with Crippen molar-refractivity contribution >= 4 is 17.9 Å². The molecule has 0 spiro atoms. The highest BCUT2D eigenvalue weighted by Gasteiger charge is 2.30. The number of nitrogens with one attached hydrogen (secondary N) is 1. The molecule has 1 saturated heterocycles. The largest absolute Gasteiger partial charge is 0.295 e. The lowest BCUT2D eigenvalue weighted by molar-refractivity contribution is -0.219. The molecule has 1 amide bonds. The summed E-state index contributed by atoms with van der Waals surface area (Å²) in [4.78, 5) is 17.2. The van der Waals surface area contributed by atoms with E-state index >= 15 is 0 Å². The number of rotatable bonds is 1. The zero-order valence-electron chi connectivity index (χ0n) is 6.48. The van der Waals surface area contributed by atoms with E-state index in [-0.39, 0.29) is 5.91 Å². The van der Waals surface area contributed by atoms with Crippen molar-refractivity contribution in [2.24, 2.45) is 0 Å². The molecule has 5 nitrogen and oxygen atoms in total. The van der Waals surface area contributed by atoms with E-state index in [1.165, 1.54) is 23.5 Å². The third-order valence-electron chi connectivity index (χ3n) is 1.42. The summed E-state index contributed by atoms with van der Waals surface area (Å²) >= 11 is 1.41. The highest BCUT2D eigenvalue weighted by Crippen LogP contribution is 2.27. The molecule has 0 aliphatic carbocycles. The van der Waals surface area contributed by atoms with E-state index < -0.39 is 0 Å². The number of carbonyl (C=O) groups excluding carboxylic acids is 1. The molecule has 0 aromatic rings. The van der Waals surface area contributed by atoms with E-state index in [2.05, 4.69) is 5.43 Å². The van der Waals surface area contributed by atoms with Crippen molar-refractivity contribution in [1.82, 2.24) is 15.1 Å². The lowest BCUT2D eigenvalue weighted by Gasteiger charge is -2.22. The quantitative estimate of drug-likeness (QED) is 0.593. The number of amides is 1. The number of hydroxylamine groups is 1. The zero-order valence-corrected chi connectivity index (χ0v) is 7.30. The molecule has 12 heavy (non-hydrogen) atoms. The van der Waals surface area contributed by atoms with Crippen molar-refractivity contribution in [3.8, 4) is 0 Å². The average molecular weight is 186 g/mol. The highest BCUT2D eigenvalue weighted by atomic mass is 32.2. The van der Waals surface area contributed by atoms with Crippen molar-refractivity contribution < 1.29 is 9.63 Å². The smallest absolute Gasteiger partial charge is 0.270 e. The summed E-state index contributed by atoms with van der Waals surface area (Å²) in [5.74, 6) is -0.141. The maximum absolute atomic E-state index is 11.1. The molecule has 0 aromatic carbocycles. The van der Waals surface area contributed by atoms with Crippen LogP contribution in [0.2, 0.25) is 0 Å². The first-order valence-electron chi connectivity index (χ1n) is 3.48. The Balaban J connectivity index is 1.98. The van der Waals surface area contributed by atoms with E-state index in [4.69, 9.17) is 4.84 Å². The summed E-state index contributed by atoms with van der Waals surface area (Å²) in [7, 11) is 0. The van der Waals surface area contributed by atoms with Crippen LogP contribution in [0.25, 0.3) is 0 Å². The average Bonchev–Trinajstić information content (AvgIpc) is 2.58. The van der Waals surface area contributed by atoms with Crippen LogP contribution in [-0.4, -0.2) is 22.2 Å². The monoisotopic (exact) mass is 186 g/mol. The Labute approximate surface area is 74.4 Å². The van der Waals surface area contributed by atoms with Crippen LogP contribution in [0.3, 0.4) is 0 Å². The van der Waals surface area contributed by atoms with Crippen LogP contribution in [0.5, 0.6) is 0 Å². The van der Waals surface area contributed by atoms with Crippen molar-refractivity contribution in [2.75, 3.05) is 6.61 Å². The van der Waals surface area contributed by atoms with Crippen molar-refractivity contribution in [1.29, 1.82) is 0 Å². The molecule has 2 aliphatic heterocycles. The molecule has 2 heterocycles. The van der Waals surface area contributed by atoms with E-state index in [0.29, 0.717) is 6.61 Å². The molecule has 0 bridgehead atoms. The van der Waals surface area contributed by atoms with Crippen LogP contribution in [0.4, 0.5) is 0 Å². The van der Waals surface area contributed by atoms with Gasteiger partial charge in [0.25, 0.3) is 5.91 Å². The molecule has 0 atom stereocenters. The van der Waals surface area contributed by atoms with Gasteiger partial charge in [-0.3, -0.25) is 15.1 Å². The van der Waals surface area contributed by atoms with Crippen LogP contribution in [0.15, 0.2) is 11.1 Å². The Morgan fingerprint density at radius 1 is 1.75 bits per heavy atom. The maximum atomic E-state index is 11.1. The first kappa shape index (κ1) is 7.90. The molecule has 2 rings (SSSR count). The number of nitrogens with zero attached hydrogens (tertiary/aromatic N) is 2. The number of hydrogen-bond acceptors (Lipinski definition) is 5. The van der Waals surface area contributed by atoms with E-state index in [1.54, 1.807) is 10.7 Å². The third-order valence-corrected chi connectivity index (χ3v) is 2.25. The summed E-state index contributed by atoms with van der Waals surface area (Å²) in [6.45, 7) is 2.29. The van der Waals surface area contributed by atoms with Gasteiger partial charge in [0.2, 0.25) is 0 Å². The Morgan fingerprint density at radius 3 is 3.08 bits per heavy atom. The minimum absolute atomic E-state index is 0.141. The molecule has 0 unspecified atom stereocenters. The summed E-state index contributed by atoms with van der Waals surface area (Å²) in [6.07, 6.45) is 3.29. The lowest BCUT2D eigenvalue weighted by Crippen LogP contribution is -2.42. The van der Waals surface area contributed by atoms with Gasteiger partial charge in [0.1, 0.15) is 0 Å². The summed E-state index contributed by atoms with van der Waals surface area (Å²) in [6, 6.07) is 0. The molecule has 65 valence electrons. The number of hydrazine groups is 2. The van der Waals surface area contributed by atoms with E-state index in [0.717, 1.165) is 4.91 Å². The van der Waals surface area contributed by atoms with Crippen LogP contribution >= 0.6 is 11.9 Å². The normalized spacial score (nSPS) is 24.6. The van der Waals surface area contributed by atoms with Crippen LogP contribution in [0, 0.1) is 6.42 Å². The maximum Gasteiger partial charge on any atom is 0.270 e. The van der Waals surface area contributed by atoms with Gasteiger partial charge in [0, 0.05) is 23.1 Å². The molecule has 1 N–H and O–H groups in total. The molecular weight excluding hydrogens is 178 g/mol. The Hall–Kier alpha value is -0.720. The van der Waals surface area contributed by atoms with Gasteiger partial charge in [-0.1, -0.05) is 0 Å². The fraction of sp³-hybridized carbons (Fsp3) is 0.333. The van der Waals surface area contributed by atoms with Gasteiger partial charge in [-0.05, 0) is 11.4 Å². The number of allylic oxidation sites excluding steroid dienone is 1. The number of hydrogen-bond donors (Lipinski definition) is 1. The zero-order chi connectivity index (χ0) is 8.55. The second-order valence-electron chi connectivity index (χ2n) is 2.36. The summed E-state index contributed by atoms with van der Waals surface area (Å²) in [5, 5.41) is 1.19. The van der Waals surface area contributed by atoms with Gasteiger partial charge >= 0.3 is 0 Å². The fourth-order valence-electron chi connectivity index (χ4n) is 0.888. The van der Waals surface area contributed by atoms with Crippen molar-refractivity contribution in [3.05, 3.63) is 17.5 Å². The molecule has 1 fully saturated rings. The highest BCUT2D eigenvalue weighted by molar-refractivity contribution is 8.00. The van der Waals surface area contributed by atoms with Crippen LogP contribution in [-0.2, 0) is 9.63 Å². The van der Waals surface area contributed by atoms with Gasteiger partial charge < -0.3 is 0 Å². The SMILES string of the molecule is CC1=CNN(N2OC[CH]C2=O)S1. The van der Waals surface area contributed by atoms with Gasteiger partial charge in [0.15, 0.2) is 0 Å². The minimum Gasteiger partial charge on any atom is -0.295 e. The molecule has 1 radical (unpaired) electrons. The van der Waals surface area contributed by atoms with Gasteiger partial charge in [-0.15, -0.1) is 5.17 Å². The predicted molar refractivity (Wildman–Crippen MR) is 43.4 cm³/mol. The molecule has 0 aromatic heterocycles. The van der Waals surface area contributed by atoms with E-state index in [9.17, 15) is 4.79 Å². The van der Waals surface area contributed by atoms with Gasteiger partial charge in [0.05, 0.1) is 13.0 Å².